The molecule has 0 aliphatic heterocycles. The number of carbonyl (C=O) groups excluding carboxylic acids is 1. The summed E-state index contributed by atoms with van der Waals surface area (Å²) in [5.74, 6) is -0.371. The summed E-state index contributed by atoms with van der Waals surface area (Å²) in [5, 5.41) is 5.84. The van der Waals surface area contributed by atoms with Gasteiger partial charge in [0.25, 0.3) is 0 Å². The zero-order valence-corrected chi connectivity index (χ0v) is 17.7. The average molecular weight is 418 g/mol. The van der Waals surface area contributed by atoms with Crippen LogP contribution in [0.5, 0.6) is 0 Å². The molecule has 0 atom stereocenters. The number of rotatable bonds is 5. The number of benzene rings is 4. The molecule has 0 fully saturated rings. The van der Waals surface area contributed by atoms with E-state index in [0.717, 1.165) is 27.6 Å². The Morgan fingerprint density at radius 3 is 1.72 bits per heavy atom. The zero-order valence-electron chi connectivity index (χ0n) is 17.7. The normalized spacial score (nSPS) is 11.4. The topological polar surface area (TPSA) is 44.1 Å². The molecule has 1 heterocycles. The monoisotopic (exact) mass is 418 g/mol. The Kier molecular flexibility index (Phi) is 5.04. The lowest BCUT2D eigenvalue weighted by Gasteiger charge is -2.37. The molecule has 0 N–H and O–H groups in total. The van der Waals surface area contributed by atoms with Crippen molar-refractivity contribution in [3.05, 3.63) is 138 Å². The summed E-state index contributed by atoms with van der Waals surface area (Å²) in [5.41, 5.74) is 3.83. The van der Waals surface area contributed by atoms with E-state index in [1.165, 1.54) is 7.11 Å². The molecule has 0 aliphatic rings. The van der Waals surface area contributed by atoms with Crippen molar-refractivity contribution in [2.45, 2.75) is 5.54 Å². The summed E-state index contributed by atoms with van der Waals surface area (Å²) in [6.07, 6.45) is 1.85. The summed E-state index contributed by atoms with van der Waals surface area (Å²) in [6, 6.07) is 36.6. The van der Waals surface area contributed by atoms with E-state index in [9.17, 15) is 4.79 Å². The fraction of sp³-hybridized carbons (Fsp3) is 0.0714. The molecule has 5 aromatic rings. The van der Waals surface area contributed by atoms with Crippen LogP contribution in [-0.4, -0.2) is 22.9 Å². The van der Waals surface area contributed by atoms with Crippen LogP contribution in [0.2, 0.25) is 0 Å². The van der Waals surface area contributed by atoms with Gasteiger partial charge < -0.3 is 4.74 Å². The third kappa shape index (κ3) is 3.08. The summed E-state index contributed by atoms with van der Waals surface area (Å²) in [6.45, 7) is 0. The van der Waals surface area contributed by atoms with Gasteiger partial charge in [-0.05, 0) is 28.8 Å². The second-order valence-electron chi connectivity index (χ2n) is 7.63. The highest BCUT2D eigenvalue weighted by Crippen LogP contribution is 2.42. The molecule has 0 radical (unpaired) electrons. The van der Waals surface area contributed by atoms with E-state index in [4.69, 9.17) is 9.84 Å². The smallest absolute Gasteiger partial charge is 0.337 e. The van der Waals surface area contributed by atoms with E-state index in [2.05, 4.69) is 36.4 Å². The van der Waals surface area contributed by atoms with Crippen LogP contribution in [0.1, 0.15) is 27.0 Å². The molecule has 0 aliphatic carbocycles. The highest BCUT2D eigenvalue weighted by atomic mass is 16.5. The van der Waals surface area contributed by atoms with Crippen LogP contribution < -0.4 is 0 Å². The van der Waals surface area contributed by atoms with Gasteiger partial charge in [-0.25, -0.2) is 9.48 Å². The molecule has 32 heavy (non-hydrogen) atoms. The van der Waals surface area contributed by atoms with E-state index in [1.807, 2.05) is 77.6 Å². The fourth-order valence-electron chi connectivity index (χ4n) is 4.44. The number of hydrogen-bond donors (Lipinski definition) is 0. The quantitative estimate of drug-likeness (QED) is 0.273. The molecule has 0 unspecified atom stereocenters. The number of methoxy groups -OCH3 is 1. The van der Waals surface area contributed by atoms with Crippen LogP contribution in [0, 0.1) is 0 Å². The van der Waals surface area contributed by atoms with Gasteiger partial charge in [-0.2, -0.15) is 5.10 Å². The van der Waals surface area contributed by atoms with Crippen LogP contribution in [0.4, 0.5) is 0 Å². The SMILES string of the molecule is COC(=O)c1ccc2cnn(C(c3ccccc3)(c3ccccc3)c3ccccc3)c2c1. The minimum absolute atomic E-state index is 0.371. The van der Waals surface area contributed by atoms with Crippen molar-refractivity contribution in [1.82, 2.24) is 9.78 Å². The molecule has 156 valence electrons. The van der Waals surface area contributed by atoms with Gasteiger partial charge in [0, 0.05) is 5.39 Å². The van der Waals surface area contributed by atoms with Crippen molar-refractivity contribution in [3.8, 4) is 0 Å². The van der Waals surface area contributed by atoms with Gasteiger partial charge in [0.05, 0.1) is 24.4 Å². The lowest BCUT2D eigenvalue weighted by atomic mass is 9.77. The average Bonchev–Trinajstić information content (AvgIpc) is 3.30. The maximum atomic E-state index is 12.3. The van der Waals surface area contributed by atoms with Crippen molar-refractivity contribution in [1.29, 1.82) is 0 Å². The van der Waals surface area contributed by atoms with Gasteiger partial charge in [-0.1, -0.05) is 97.1 Å². The van der Waals surface area contributed by atoms with Crippen molar-refractivity contribution in [3.63, 3.8) is 0 Å². The molecule has 0 saturated heterocycles. The molecule has 0 bridgehead atoms. The Labute approximate surface area is 186 Å². The summed E-state index contributed by atoms with van der Waals surface area (Å²) >= 11 is 0. The number of nitrogens with zero attached hydrogens (tertiary/aromatic N) is 2. The molecule has 4 heteroatoms. The minimum atomic E-state index is -0.736. The first-order valence-electron chi connectivity index (χ1n) is 10.5. The lowest BCUT2D eigenvalue weighted by molar-refractivity contribution is 0.0601. The first kappa shape index (κ1) is 19.8. The first-order chi connectivity index (χ1) is 15.7. The van der Waals surface area contributed by atoms with Gasteiger partial charge in [0.1, 0.15) is 5.54 Å². The number of fused-ring (bicyclic) bond motifs is 1. The molecule has 0 spiro atoms. The fourth-order valence-corrected chi connectivity index (χ4v) is 4.44. The van der Waals surface area contributed by atoms with Crippen LogP contribution >= 0.6 is 0 Å². The number of aromatic nitrogens is 2. The van der Waals surface area contributed by atoms with Crippen LogP contribution in [0.15, 0.2) is 115 Å². The molecular weight excluding hydrogens is 396 g/mol. The Balaban J connectivity index is 1.92. The van der Waals surface area contributed by atoms with E-state index in [0.29, 0.717) is 5.56 Å². The molecule has 4 aromatic carbocycles. The van der Waals surface area contributed by atoms with Crippen molar-refractivity contribution in [2.75, 3.05) is 7.11 Å². The number of ether oxygens (including phenoxy) is 1. The van der Waals surface area contributed by atoms with Gasteiger partial charge in [-0.15, -0.1) is 0 Å². The Bertz CT molecular complexity index is 1260. The summed E-state index contributed by atoms with van der Waals surface area (Å²) < 4.78 is 7.00. The maximum Gasteiger partial charge on any atom is 0.337 e. The van der Waals surface area contributed by atoms with Crippen LogP contribution in [-0.2, 0) is 10.3 Å². The number of carbonyl (C=O) groups is 1. The highest BCUT2D eigenvalue weighted by molar-refractivity contribution is 5.94. The second kappa shape index (κ2) is 8.16. The van der Waals surface area contributed by atoms with E-state index >= 15 is 0 Å². The van der Waals surface area contributed by atoms with E-state index in [1.54, 1.807) is 6.07 Å². The highest BCUT2D eigenvalue weighted by Gasteiger charge is 2.40. The van der Waals surface area contributed by atoms with Gasteiger partial charge in [-0.3, -0.25) is 0 Å². The molecule has 1 aromatic heterocycles. The van der Waals surface area contributed by atoms with Gasteiger partial charge in [0.15, 0.2) is 0 Å². The molecule has 5 rings (SSSR count). The predicted octanol–water partition coefficient (Wildman–Crippen LogP) is 5.66. The standard InChI is InChI=1S/C28H22N2O2/c1-32-27(31)21-17-18-22-20-29-30(26(22)19-21)28(23-11-5-2-6-12-23,24-13-7-3-8-14-24)25-15-9-4-10-16-25/h2-20H,1H3. The molecule has 0 saturated carbocycles. The summed E-state index contributed by atoms with van der Waals surface area (Å²) in [7, 11) is 1.39. The third-order valence-electron chi connectivity index (χ3n) is 5.88. The molecule has 4 nitrogen and oxygen atoms in total. The maximum absolute atomic E-state index is 12.3. The largest absolute Gasteiger partial charge is 0.465 e. The molecule has 0 amide bonds. The Hall–Kier alpha value is -4.18. The van der Waals surface area contributed by atoms with Crippen LogP contribution in [0.3, 0.4) is 0 Å². The van der Waals surface area contributed by atoms with Gasteiger partial charge >= 0.3 is 5.97 Å². The third-order valence-corrected chi connectivity index (χ3v) is 5.88. The molecular formula is C28H22N2O2. The second-order valence-corrected chi connectivity index (χ2v) is 7.63. The van der Waals surface area contributed by atoms with Crippen molar-refractivity contribution < 1.29 is 9.53 Å². The Morgan fingerprint density at radius 2 is 1.25 bits per heavy atom. The Morgan fingerprint density at radius 1 is 0.750 bits per heavy atom. The minimum Gasteiger partial charge on any atom is -0.465 e. The van der Waals surface area contributed by atoms with Crippen molar-refractivity contribution in [2.24, 2.45) is 0 Å². The van der Waals surface area contributed by atoms with E-state index < -0.39 is 5.54 Å². The lowest BCUT2D eigenvalue weighted by Crippen LogP contribution is -2.38. The summed E-state index contributed by atoms with van der Waals surface area (Å²) in [4.78, 5) is 12.3. The first-order valence-corrected chi connectivity index (χ1v) is 10.5. The predicted molar refractivity (Wildman–Crippen MR) is 126 cm³/mol. The van der Waals surface area contributed by atoms with Crippen molar-refractivity contribution >= 4 is 16.9 Å². The zero-order chi connectivity index (χ0) is 22.0. The number of hydrogen-bond acceptors (Lipinski definition) is 3. The van der Waals surface area contributed by atoms with Gasteiger partial charge in [0.2, 0.25) is 0 Å². The van der Waals surface area contributed by atoms with E-state index in [-0.39, 0.29) is 5.97 Å². The number of esters is 1. The van der Waals surface area contributed by atoms with Crippen LogP contribution in [0.25, 0.3) is 10.9 Å².